The third-order valence-corrected chi connectivity index (χ3v) is 7.88. The van der Waals surface area contributed by atoms with Crippen molar-refractivity contribution in [1.29, 1.82) is 0 Å². The summed E-state index contributed by atoms with van der Waals surface area (Å²) in [7, 11) is 0. The summed E-state index contributed by atoms with van der Waals surface area (Å²) in [6.07, 6.45) is 11.6. The van der Waals surface area contributed by atoms with E-state index < -0.39 is 0 Å². The van der Waals surface area contributed by atoms with E-state index in [-0.39, 0.29) is 17.9 Å². The van der Waals surface area contributed by atoms with Crippen LogP contribution in [0.3, 0.4) is 0 Å². The Balaban J connectivity index is 1.11. The van der Waals surface area contributed by atoms with E-state index in [2.05, 4.69) is 15.3 Å². The van der Waals surface area contributed by atoms with E-state index in [1.807, 2.05) is 41.3 Å². The van der Waals surface area contributed by atoms with Crippen LogP contribution in [0, 0.1) is 5.92 Å². The number of anilines is 2. The van der Waals surface area contributed by atoms with Gasteiger partial charge >= 0.3 is 0 Å². The van der Waals surface area contributed by atoms with Crippen LogP contribution in [-0.2, 0) is 9.53 Å². The van der Waals surface area contributed by atoms with Crippen LogP contribution in [0.15, 0.2) is 42.9 Å². The summed E-state index contributed by atoms with van der Waals surface area (Å²) in [6.45, 7) is 1.55. The van der Waals surface area contributed by atoms with Gasteiger partial charge in [-0.1, -0.05) is 0 Å². The molecule has 0 radical (unpaired) electrons. The maximum absolute atomic E-state index is 13.2. The number of nitrogens with zero attached hydrogens (tertiary/aromatic N) is 6. The van der Waals surface area contributed by atoms with Gasteiger partial charge in [-0.25, -0.2) is 9.50 Å². The first-order valence-corrected chi connectivity index (χ1v) is 12.6. The molecule has 1 amide bonds. The number of benzene rings is 1. The highest BCUT2D eigenvalue weighted by atomic mass is 16.5. The van der Waals surface area contributed by atoms with E-state index in [1.54, 1.807) is 10.7 Å². The van der Waals surface area contributed by atoms with Gasteiger partial charge in [-0.2, -0.15) is 10.2 Å². The lowest BCUT2D eigenvalue weighted by Crippen LogP contribution is -2.37. The van der Waals surface area contributed by atoms with E-state index in [0.29, 0.717) is 29.0 Å². The Morgan fingerprint density at radius 3 is 2.81 bits per heavy atom. The molecule has 0 unspecified atom stereocenters. The molecule has 1 N–H and O–H groups in total. The lowest BCUT2D eigenvalue weighted by molar-refractivity contribution is -0.112. The number of amides is 1. The van der Waals surface area contributed by atoms with Crippen molar-refractivity contribution in [2.75, 3.05) is 23.4 Å². The minimum Gasteiger partial charge on any atom is -0.374 e. The fourth-order valence-corrected chi connectivity index (χ4v) is 5.87. The number of carbonyl (C=O) groups excluding carboxylic acids is 2. The lowest BCUT2D eigenvalue weighted by Gasteiger charge is -2.27. The quantitative estimate of drug-likeness (QED) is 0.433. The summed E-state index contributed by atoms with van der Waals surface area (Å²) < 4.78 is 9.36. The second kappa shape index (κ2) is 8.41. The SMILES string of the molecule is O=C[C@H]1CC[C@H](n2cc3cc(NC(=O)c4cnn5ccc(N6C[C@H]7C[C@@H]6CO7)nc45)ccc3n2)CC1. The Kier molecular flexibility index (Phi) is 5.02. The van der Waals surface area contributed by atoms with Gasteiger partial charge in [0.15, 0.2) is 5.65 Å². The minimum atomic E-state index is -0.250. The van der Waals surface area contributed by atoms with Crippen LogP contribution in [0.25, 0.3) is 16.6 Å². The normalized spacial score (nSPS) is 25.6. The van der Waals surface area contributed by atoms with Crippen molar-refractivity contribution < 1.29 is 14.3 Å². The van der Waals surface area contributed by atoms with Gasteiger partial charge in [0, 0.05) is 35.9 Å². The molecule has 0 spiro atoms. The van der Waals surface area contributed by atoms with E-state index in [9.17, 15) is 9.59 Å². The molecular weight excluding hydrogens is 458 g/mol. The molecule has 1 aliphatic carbocycles. The topological polar surface area (TPSA) is 107 Å². The lowest BCUT2D eigenvalue weighted by atomic mass is 9.87. The third-order valence-electron chi connectivity index (χ3n) is 7.88. The number of hydrogen-bond donors (Lipinski definition) is 1. The zero-order chi connectivity index (χ0) is 24.2. The van der Waals surface area contributed by atoms with E-state index in [0.717, 1.165) is 68.3 Å². The minimum absolute atomic E-state index is 0.179. The molecule has 7 rings (SSSR count). The summed E-state index contributed by atoms with van der Waals surface area (Å²) in [6, 6.07) is 8.33. The second-order valence-electron chi connectivity index (χ2n) is 10.2. The molecule has 2 saturated heterocycles. The van der Waals surface area contributed by atoms with Crippen LogP contribution in [-0.4, -0.2) is 61.9 Å². The van der Waals surface area contributed by atoms with Gasteiger partial charge in [-0.3, -0.25) is 9.48 Å². The molecule has 10 nitrogen and oxygen atoms in total. The average molecular weight is 486 g/mol. The van der Waals surface area contributed by atoms with Crippen molar-refractivity contribution in [2.24, 2.45) is 5.92 Å². The Morgan fingerprint density at radius 1 is 1.14 bits per heavy atom. The number of ether oxygens (including phenoxy) is 1. The molecular formula is C26H27N7O3. The largest absolute Gasteiger partial charge is 0.374 e. The highest BCUT2D eigenvalue weighted by molar-refractivity contribution is 6.08. The van der Waals surface area contributed by atoms with Gasteiger partial charge in [-0.05, 0) is 56.4 Å². The molecule has 3 aliphatic rings. The monoisotopic (exact) mass is 485 g/mol. The molecule has 2 atom stereocenters. The van der Waals surface area contributed by atoms with Gasteiger partial charge < -0.3 is 19.7 Å². The van der Waals surface area contributed by atoms with E-state index in [4.69, 9.17) is 14.8 Å². The maximum atomic E-state index is 13.2. The zero-order valence-electron chi connectivity index (χ0n) is 19.8. The Bertz CT molecular complexity index is 1470. The van der Waals surface area contributed by atoms with Crippen molar-refractivity contribution in [3.63, 3.8) is 0 Å². The summed E-state index contributed by atoms with van der Waals surface area (Å²) >= 11 is 0. The molecule has 36 heavy (non-hydrogen) atoms. The van der Waals surface area contributed by atoms with E-state index in [1.165, 1.54) is 0 Å². The van der Waals surface area contributed by atoms with Crippen molar-refractivity contribution in [3.8, 4) is 0 Å². The van der Waals surface area contributed by atoms with Crippen LogP contribution < -0.4 is 10.2 Å². The molecule has 1 aromatic carbocycles. The number of nitrogens with one attached hydrogen (secondary N) is 1. The van der Waals surface area contributed by atoms with Gasteiger partial charge in [0.25, 0.3) is 5.91 Å². The standard InChI is InChI=1S/C26H27N7O3/c34-14-16-1-4-19(5-2-16)33-12-17-9-18(3-6-23(17)30-33)28-26(35)22-11-27-32-8-7-24(29-25(22)32)31-13-21-10-20(31)15-36-21/h3,6-9,11-12,14,16,19-21H,1-2,4-5,10,13,15H2,(H,28,35)/t16-,19-,20-,21-/m1/s1. The number of fused-ring (bicyclic) bond motifs is 4. The molecule has 2 aliphatic heterocycles. The summed E-state index contributed by atoms with van der Waals surface area (Å²) in [5, 5.41) is 13.0. The molecule has 1 saturated carbocycles. The molecule has 184 valence electrons. The van der Waals surface area contributed by atoms with Crippen molar-refractivity contribution in [1.82, 2.24) is 24.4 Å². The van der Waals surface area contributed by atoms with Gasteiger partial charge in [0.1, 0.15) is 17.7 Å². The van der Waals surface area contributed by atoms with Crippen LogP contribution >= 0.6 is 0 Å². The van der Waals surface area contributed by atoms with Gasteiger partial charge in [0.05, 0.1) is 36.5 Å². The predicted molar refractivity (Wildman–Crippen MR) is 133 cm³/mol. The van der Waals surface area contributed by atoms with Crippen LogP contribution in [0.2, 0.25) is 0 Å². The summed E-state index contributed by atoms with van der Waals surface area (Å²) in [4.78, 5) is 31.3. The number of rotatable bonds is 5. The highest BCUT2D eigenvalue weighted by Crippen LogP contribution is 2.33. The van der Waals surface area contributed by atoms with Crippen molar-refractivity contribution in [3.05, 3.63) is 48.4 Å². The molecule has 10 heteroatoms. The smallest absolute Gasteiger partial charge is 0.261 e. The zero-order valence-corrected chi connectivity index (χ0v) is 19.8. The fraction of sp³-hybridized carbons (Fsp3) is 0.423. The second-order valence-corrected chi connectivity index (χ2v) is 10.2. The number of carbonyl (C=O) groups is 2. The highest BCUT2D eigenvalue weighted by Gasteiger charge is 2.39. The Hall–Kier alpha value is -3.79. The molecule has 2 bridgehead atoms. The molecule has 3 aromatic heterocycles. The average Bonchev–Trinajstić information content (AvgIpc) is 3.71. The van der Waals surface area contributed by atoms with Gasteiger partial charge in [-0.15, -0.1) is 0 Å². The first kappa shape index (κ1) is 21.5. The maximum Gasteiger partial charge on any atom is 0.261 e. The molecule has 3 fully saturated rings. The summed E-state index contributed by atoms with van der Waals surface area (Å²) in [5.74, 6) is 0.779. The first-order chi connectivity index (χ1) is 17.6. The number of aldehydes is 1. The van der Waals surface area contributed by atoms with Gasteiger partial charge in [0.2, 0.25) is 0 Å². The van der Waals surface area contributed by atoms with E-state index >= 15 is 0 Å². The van der Waals surface area contributed by atoms with Crippen molar-refractivity contribution in [2.45, 2.75) is 50.3 Å². The Labute approximate surface area is 207 Å². The number of aromatic nitrogens is 5. The molecule has 5 heterocycles. The van der Waals surface area contributed by atoms with Crippen LogP contribution in [0.1, 0.15) is 48.5 Å². The number of hydrogen-bond acceptors (Lipinski definition) is 7. The van der Waals surface area contributed by atoms with Crippen molar-refractivity contribution >= 4 is 40.2 Å². The predicted octanol–water partition coefficient (Wildman–Crippen LogP) is 3.24. The van der Waals surface area contributed by atoms with Crippen LogP contribution in [0.5, 0.6) is 0 Å². The first-order valence-electron chi connectivity index (χ1n) is 12.6. The third kappa shape index (κ3) is 3.63. The number of morpholine rings is 1. The molecule has 4 aromatic rings. The fourth-order valence-electron chi connectivity index (χ4n) is 5.87. The van der Waals surface area contributed by atoms with Crippen LogP contribution in [0.4, 0.5) is 11.5 Å². The Morgan fingerprint density at radius 2 is 2.03 bits per heavy atom. The summed E-state index contributed by atoms with van der Waals surface area (Å²) in [5.41, 5.74) is 2.55.